The van der Waals surface area contributed by atoms with Crippen molar-refractivity contribution in [2.75, 3.05) is 19.1 Å². The molecule has 0 aromatic heterocycles. The van der Waals surface area contributed by atoms with Crippen LogP contribution < -0.4 is 19.7 Å². The van der Waals surface area contributed by atoms with Crippen LogP contribution >= 0.6 is 23.8 Å². The Balaban J connectivity index is 2.02. The third-order valence-corrected chi connectivity index (χ3v) is 5.33. The lowest BCUT2D eigenvalue weighted by Crippen LogP contribution is -2.54. The largest absolute Gasteiger partial charge is 0.493 e. The van der Waals surface area contributed by atoms with Crippen LogP contribution in [0.15, 0.2) is 42.0 Å². The first-order valence-electron chi connectivity index (χ1n) is 9.19. The topological polar surface area (TPSA) is 67.9 Å². The molecular formula is C22H21ClN2O4S. The Hall–Kier alpha value is -2.90. The first kappa shape index (κ1) is 21.8. The van der Waals surface area contributed by atoms with E-state index in [1.807, 2.05) is 12.1 Å². The fraction of sp³-hybridized carbons (Fsp3) is 0.227. The molecule has 2 aromatic carbocycles. The minimum Gasteiger partial charge on any atom is -0.493 e. The van der Waals surface area contributed by atoms with Gasteiger partial charge in [0.15, 0.2) is 16.6 Å². The number of rotatable bonds is 5. The SMILES string of the molecule is COc1cc(Cl)c(/C=C2\C(=O)NC(=S)N(c3ccc(C(C)C)cc3)C2=O)cc1OC. The van der Waals surface area contributed by atoms with Crippen LogP contribution in [0.5, 0.6) is 11.5 Å². The van der Waals surface area contributed by atoms with E-state index in [9.17, 15) is 9.59 Å². The number of carbonyl (C=O) groups is 2. The molecule has 1 N–H and O–H groups in total. The molecule has 0 spiro atoms. The van der Waals surface area contributed by atoms with Crippen LogP contribution in [-0.2, 0) is 9.59 Å². The Morgan fingerprint density at radius 3 is 2.23 bits per heavy atom. The molecule has 30 heavy (non-hydrogen) atoms. The maximum atomic E-state index is 13.2. The van der Waals surface area contributed by atoms with E-state index < -0.39 is 11.8 Å². The Morgan fingerprint density at radius 1 is 1.07 bits per heavy atom. The van der Waals surface area contributed by atoms with Gasteiger partial charge in [-0.2, -0.15) is 0 Å². The third-order valence-electron chi connectivity index (χ3n) is 4.72. The van der Waals surface area contributed by atoms with E-state index in [0.29, 0.717) is 33.7 Å². The highest BCUT2D eigenvalue weighted by Gasteiger charge is 2.34. The Labute approximate surface area is 185 Å². The zero-order chi connectivity index (χ0) is 22.0. The normalized spacial score (nSPS) is 15.6. The summed E-state index contributed by atoms with van der Waals surface area (Å²) in [5.41, 5.74) is 2.05. The number of thiocarbonyl (C=S) groups is 1. The molecule has 1 aliphatic heterocycles. The first-order valence-corrected chi connectivity index (χ1v) is 9.98. The summed E-state index contributed by atoms with van der Waals surface area (Å²) in [6.45, 7) is 4.17. The number of nitrogens with one attached hydrogen (secondary N) is 1. The van der Waals surface area contributed by atoms with Crippen LogP contribution in [0.2, 0.25) is 5.02 Å². The van der Waals surface area contributed by atoms with E-state index >= 15 is 0 Å². The van der Waals surface area contributed by atoms with Gasteiger partial charge in [0, 0.05) is 6.07 Å². The van der Waals surface area contributed by atoms with Gasteiger partial charge in [0.25, 0.3) is 11.8 Å². The molecule has 6 nitrogen and oxygen atoms in total. The molecule has 0 unspecified atom stereocenters. The quantitative estimate of drug-likeness (QED) is 0.423. The van der Waals surface area contributed by atoms with Gasteiger partial charge < -0.3 is 9.47 Å². The summed E-state index contributed by atoms with van der Waals surface area (Å²) >= 11 is 11.6. The van der Waals surface area contributed by atoms with Gasteiger partial charge in [0.1, 0.15) is 5.57 Å². The number of benzene rings is 2. The molecule has 1 heterocycles. The third kappa shape index (κ3) is 4.17. The molecule has 156 valence electrons. The summed E-state index contributed by atoms with van der Waals surface area (Å²) in [5.74, 6) is 0.0920. The molecule has 0 aliphatic carbocycles. The lowest BCUT2D eigenvalue weighted by Gasteiger charge is -2.29. The number of ether oxygens (including phenoxy) is 2. The summed E-state index contributed by atoms with van der Waals surface area (Å²) in [4.78, 5) is 27.0. The van der Waals surface area contributed by atoms with Gasteiger partial charge in [-0.15, -0.1) is 0 Å². The van der Waals surface area contributed by atoms with Crippen LogP contribution in [0.25, 0.3) is 6.08 Å². The molecule has 0 radical (unpaired) electrons. The highest BCUT2D eigenvalue weighted by molar-refractivity contribution is 7.80. The van der Waals surface area contributed by atoms with Crippen molar-refractivity contribution in [3.8, 4) is 11.5 Å². The van der Waals surface area contributed by atoms with Crippen molar-refractivity contribution in [3.63, 3.8) is 0 Å². The van der Waals surface area contributed by atoms with Crippen molar-refractivity contribution in [2.45, 2.75) is 19.8 Å². The molecule has 0 bridgehead atoms. The lowest BCUT2D eigenvalue weighted by atomic mass is 10.0. The number of halogens is 1. The number of nitrogens with zero attached hydrogens (tertiary/aromatic N) is 1. The van der Waals surface area contributed by atoms with Gasteiger partial charge in [-0.1, -0.05) is 37.6 Å². The molecule has 1 saturated heterocycles. The van der Waals surface area contributed by atoms with Gasteiger partial charge in [-0.05, 0) is 53.5 Å². The molecule has 1 aliphatic rings. The van der Waals surface area contributed by atoms with Crippen molar-refractivity contribution in [3.05, 3.63) is 58.1 Å². The van der Waals surface area contributed by atoms with Crippen molar-refractivity contribution in [1.29, 1.82) is 0 Å². The highest BCUT2D eigenvalue weighted by atomic mass is 35.5. The standard InChI is InChI=1S/C22H21ClN2O4S/c1-12(2)13-5-7-15(8-6-13)25-21(27)16(20(26)24-22(25)30)9-14-10-18(28-3)19(29-4)11-17(14)23/h5-12H,1-4H3,(H,24,26,30)/b16-9+. The molecule has 1 fully saturated rings. The average molecular weight is 445 g/mol. The monoisotopic (exact) mass is 444 g/mol. The summed E-state index contributed by atoms with van der Waals surface area (Å²) in [6.07, 6.45) is 1.42. The second kappa shape index (κ2) is 8.85. The van der Waals surface area contributed by atoms with Crippen molar-refractivity contribution < 1.29 is 19.1 Å². The number of amides is 2. The first-order chi connectivity index (χ1) is 14.3. The van der Waals surface area contributed by atoms with Gasteiger partial charge in [-0.3, -0.25) is 19.8 Å². The molecule has 3 rings (SSSR count). The molecule has 0 saturated carbocycles. The summed E-state index contributed by atoms with van der Waals surface area (Å²) in [7, 11) is 2.98. The van der Waals surface area contributed by atoms with E-state index in [-0.39, 0.29) is 10.7 Å². The number of hydrogen-bond acceptors (Lipinski definition) is 5. The van der Waals surface area contributed by atoms with Crippen LogP contribution in [0, 0.1) is 0 Å². The summed E-state index contributed by atoms with van der Waals surface area (Å²) in [5, 5.41) is 2.90. The second-order valence-corrected chi connectivity index (χ2v) is 7.73. The van der Waals surface area contributed by atoms with E-state index in [1.165, 1.54) is 25.2 Å². The molecule has 2 aromatic rings. The minimum absolute atomic E-state index is 0.0258. The maximum Gasteiger partial charge on any atom is 0.270 e. The maximum absolute atomic E-state index is 13.2. The Bertz CT molecular complexity index is 1050. The van der Waals surface area contributed by atoms with Gasteiger partial charge in [0.05, 0.1) is 24.9 Å². The van der Waals surface area contributed by atoms with Crippen LogP contribution in [-0.4, -0.2) is 31.1 Å². The second-order valence-electron chi connectivity index (χ2n) is 6.93. The van der Waals surface area contributed by atoms with Gasteiger partial charge >= 0.3 is 0 Å². The number of anilines is 1. The Kier molecular flexibility index (Phi) is 6.43. The van der Waals surface area contributed by atoms with Crippen LogP contribution in [0.1, 0.15) is 30.9 Å². The predicted molar refractivity (Wildman–Crippen MR) is 121 cm³/mol. The van der Waals surface area contributed by atoms with Crippen molar-refractivity contribution >= 4 is 52.5 Å². The zero-order valence-electron chi connectivity index (χ0n) is 17.0. The van der Waals surface area contributed by atoms with Crippen molar-refractivity contribution in [1.82, 2.24) is 5.32 Å². The molecular weight excluding hydrogens is 424 g/mol. The summed E-state index contributed by atoms with van der Waals surface area (Å²) < 4.78 is 10.5. The molecule has 0 atom stereocenters. The highest BCUT2D eigenvalue weighted by Crippen LogP contribution is 2.34. The number of carbonyl (C=O) groups excluding carboxylic acids is 2. The average Bonchev–Trinajstić information content (AvgIpc) is 2.71. The summed E-state index contributed by atoms with van der Waals surface area (Å²) in [6, 6.07) is 10.6. The zero-order valence-corrected chi connectivity index (χ0v) is 18.6. The van der Waals surface area contributed by atoms with E-state index in [2.05, 4.69) is 19.2 Å². The minimum atomic E-state index is -0.592. The predicted octanol–water partition coefficient (Wildman–Crippen LogP) is 4.31. The fourth-order valence-electron chi connectivity index (χ4n) is 3.04. The van der Waals surface area contributed by atoms with E-state index in [4.69, 9.17) is 33.3 Å². The molecule has 2 amide bonds. The van der Waals surface area contributed by atoms with Crippen LogP contribution in [0.3, 0.4) is 0 Å². The number of methoxy groups -OCH3 is 2. The van der Waals surface area contributed by atoms with E-state index in [1.54, 1.807) is 24.3 Å². The van der Waals surface area contributed by atoms with Gasteiger partial charge in [-0.25, -0.2) is 0 Å². The van der Waals surface area contributed by atoms with Crippen molar-refractivity contribution in [2.24, 2.45) is 0 Å². The van der Waals surface area contributed by atoms with Gasteiger partial charge in [0.2, 0.25) is 0 Å². The Morgan fingerprint density at radius 2 is 1.67 bits per heavy atom. The smallest absolute Gasteiger partial charge is 0.270 e. The number of hydrogen-bond donors (Lipinski definition) is 1. The van der Waals surface area contributed by atoms with Crippen LogP contribution in [0.4, 0.5) is 5.69 Å². The lowest BCUT2D eigenvalue weighted by molar-refractivity contribution is -0.122. The molecule has 8 heteroatoms. The fourth-order valence-corrected chi connectivity index (χ4v) is 3.53. The van der Waals surface area contributed by atoms with E-state index in [0.717, 1.165) is 5.56 Å².